The standard InChI is InChI=1S/C15H15ClN2OS/c1-9-8-20-15(14(9)16)12(19)7-13-17-10-5-3-4-6-11(10)18(13)2/h3-6,8,12,19H,7H2,1-2H3. The number of nitrogens with zero attached hydrogens (tertiary/aromatic N) is 2. The van der Waals surface area contributed by atoms with Gasteiger partial charge >= 0.3 is 0 Å². The zero-order valence-electron chi connectivity index (χ0n) is 11.3. The quantitative estimate of drug-likeness (QED) is 0.797. The Bertz CT molecular complexity index is 762. The molecule has 5 heteroatoms. The molecule has 0 bridgehead atoms. The summed E-state index contributed by atoms with van der Waals surface area (Å²) in [6.07, 6.45) is -0.151. The van der Waals surface area contributed by atoms with Gasteiger partial charge in [0.15, 0.2) is 0 Å². The van der Waals surface area contributed by atoms with E-state index in [4.69, 9.17) is 11.6 Å². The fourth-order valence-electron chi connectivity index (χ4n) is 2.32. The summed E-state index contributed by atoms with van der Waals surface area (Å²) in [7, 11) is 1.97. The predicted octanol–water partition coefficient (Wildman–Crippen LogP) is 3.87. The number of benzene rings is 1. The smallest absolute Gasteiger partial charge is 0.112 e. The van der Waals surface area contributed by atoms with Crippen LogP contribution in [0.4, 0.5) is 0 Å². The molecule has 1 aromatic carbocycles. The van der Waals surface area contributed by atoms with E-state index < -0.39 is 6.10 Å². The highest BCUT2D eigenvalue weighted by Crippen LogP contribution is 2.34. The second kappa shape index (κ2) is 5.20. The van der Waals surface area contributed by atoms with Crippen LogP contribution in [-0.2, 0) is 13.5 Å². The van der Waals surface area contributed by atoms with E-state index in [0.29, 0.717) is 11.4 Å². The van der Waals surface area contributed by atoms with Crippen LogP contribution < -0.4 is 0 Å². The number of aromatic nitrogens is 2. The van der Waals surface area contributed by atoms with Crippen molar-refractivity contribution >= 4 is 34.0 Å². The zero-order valence-corrected chi connectivity index (χ0v) is 12.9. The third kappa shape index (κ3) is 2.24. The molecule has 0 amide bonds. The lowest BCUT2D eigenvalue weighted by atomic mass is 10.2. The maximum atomic E-state index is 10.4. The number of halogens is 1. The highest BCUT2D eigenvalue weighted by atomic mass is 35.5. The van der Waals surface area contributed by atoms with E-state index in [9.17, 15) is 5.11 Å². The first-order valence-corrected chi connectivity index (χ1v) is 7.65. The second-order valence-electron chi connectivity index (χ2n) is 4.89. The summed E-state index contributed by atoms with van der Waals surface area (Å²) >= 11 is 7.71. The number of fused-ring (bicyclic) bond motifs is 1. The lowest BCUT2D eigenvalue weighted by Crippen LogP contribution is -2.06. The van der Waals surface area contributed by atoms with Crippen molar-refractivity contribution in [3.8, 4) is 0 Å². The van der Waals surface area contributed by atoms with Crippen LogP contribution in [0.25, 0.3) is 11.0 Å². The fraction of sp³-hybridized carbons (Fsp3) is 0.267. The van der Waals surface area contributed by atoms with Crippen molar-refractivity contribution in [3.05, 3.63) is 50.9 Å². The summed E-state index contributed by atoms with van der Waals surface area (Å²) in [5, 5.41) is 13.0. The van der Waals surface area contributed by atoms with Crippen molar-refractivity contribution in [1.82, 2.24) is 9.55 Å². The largest absolute Gasteiger partial charge is 0.387 e. The third-order valence-corrected chi connectivity index (χ3v) is 5.30. The summed E-state index contributed by atoms with van der Waals surface area (Å²) in [6, 6.07) is 7.97. The lowest BCUT2D eigenvalue weighted by Gasteiger charge is -2.09. The molecule has 2 heterocycles. The summed E-state index contributed by atoms with van der Waals surface area (Å²) in [5.41, 5.74) is 3.03. The summed E-state index contributed by atoms with van der Waals surface area (Å²) in [5.74, 6) is 0.862. The monoisotopic (exact) mass is 306 g/mol. The Morgan fingerprint density at radius 3 is 2.80 bits per heavy atom. The van der Waals surface area contributed by atoms with Gasteiger partial charge in [-0.25, -0.2) is 4.98 Å². The van der Waals surface area contributed by atoms with E-state index in [2.05, 4.69) is 4.98 Å². The molecule has 1 atom stereocenters. The topological polar surface area (TPSA) is 38.1 Å². The van der Waals surface area contributed by atoms with Crippen molar-refractivity contribution in [2.75, 3.05) is 0 Å². The van der Waals surface area contributed by atoms with Crippen LogP contribution in [-0.4, -0.2) is 14.7 Å². The number of hydrogen-bond acceptors (Lipinski definition) is 3. The van der Waals surface area contributed by atoms with Gasteiger partial charge < -0.3 is 9.67 Å². The van der Waals surface area contributed by atoms with E-state index in [0.717, 1.165) is 27.3 Å². The molecule has 1 N–H and O–H groups in total. The highest BCUT2D eigenvalue weighted by Gasteiger charge is 2.18. The van der Waals surface area contributed by atoms with Crippen LogP contribution in [0, 0.1) is 6.92 Å². The average Bonchev–Trinajstić information content (AvgIpc) is 2.93. The molecule has 104 valence electrons. The highest BCUT2D eigenvalue weighted by molar-refractivity contribution is 7.10. The first-order chi connectivity index (χ1) is 9.58. The van der Waals surface area contributed by atoms with E-state index in [1.807, 2.05) is 48.2 Å². The van der Waals surface area contributed by atoms with Crippen LogP contribution in [0.15, 0.2) is 29.6 Å². The normalized spacial score (nSPS) is 13.0. The maximum Gasteiger partial charge on any atom is 0.112 e. The van der Waals surface area contributed by atoms with Crippen LogP contribution in [0.3, 0.4) is 0 Å². The van der Waals surface area contributed by atoms with Gasteiger partial charge in [0.2, 0.25) is 0 Å². The predicted molar refractivity (Wildman–Crippen MR) is 83.4 cm³/mol. The third-order valence-electron chi connectivity index (χ3n) is 3.48. The molecule has 3 nitrogen and oxygen atoms in total. The van der Waals surface area contributed by atoms with Gasteiger partial charge in [0, 0.05) is 13.5 Å². The van der Waals surface area contributed by atoms with Crippen LogP contribution in [0.1, 0.15) is 22.4 Å². The molecular formula is C15H15ClN2OS. The van der Waals surface area contributed by atoms with Gasteiger partial charge in [-0.3, -0.25) is 0 Å². The number of imidazole rings is 1. The van der Waals surface area contributed by atoms with E-state index in [1.165, 1.54) is 11.3 Å². The number of hydrogen-bond donors (Lipinski definition) is 1. The molecule has 0 aliphatic carbocycles. The Morgan fingerprint density at radius 1 is 1.40 bits per heavy atom. The number of aliphatic hydroxyl groups excluding tert-OH is 1. The maximum absolute atomic E-state index is 10.4. The van der Waals surface area contributed by atoms with Gasteiger partial charge in [0.1, 0.15) is 5.82 Å². The lowest BCUT2D eigenvalue weighted by molar-refractivity contribution is 0.179. The average molecular weight is 307 g/mol. The van der Waals surface area contributed by atoms with Gasteiger partial charge in [-0.05, 0) is 30.0 Å². The Morgan fingerprint density at radius 2 is 2.15 bits per heavy atom. The van der Waals surface area contributed by atoms with Crippen LogP contribution in [0.5, 0.6) is 0 Å². The van der Waals surface area contributed by atoms with E-state index >= 15 is 0 Å². The summed E-state index contributed by atoms with van der Waals surface area (Å²) in [4.78, 5) is 5.39. The molecular weight excluding hydrogens is 292 g/mol. The van der Waals surface area contributed by atoms with E-state index in [1.54, 1.807) is 0 Å². The van der Waals surface area contributed by atoms with Gasteiger partial charge in [-0.15, -0.1) is 11.3 Å². The van der Waals surface area contributed by atoms with Crippen molar-refractivity contribution in [3.63, 3.8) is 0 Å². The van der Waals surface area contributed by atoms with Gasteiger partial charge in [-0.2, -0.15) is 0 Å². The zero-order chi connectivity index (χ0) is 14.3. The Labute approximate surface area is 126 Å². The minimum Gasteiger partial charge on any atom is -0.387 e. The molecule has 0 saturated heterocycles. The number of aliphatic hydroxyl groups is 1. The van der Waals surface area contributed by atoms with Crippen LogP contribution >= 0.6 is 22.9 Å². The Balaban J connectivity index is 1.93. The molecule has 0 fully saturated rings. The molecule has 0 aliphatic rings. The summed E-state index contributed by atoms with van der Waals surface area (Å²) < 4.78 is 2.02. The number of aryl methyl sites for hydroxylation is 2. The van der Waals surface area contributed by atoms with Crippen molar-refractivity contribution in [2.24, 2.45) is 7.05 Å². The molecule has 20 heavy (non-hydrogen) atoms. The molecule has 3 rings (SSSR count). The first-order valence-electron chi connectivity index (χ1n) is 6.40. The SMILES string of the molecule is Cc1csc(C(O)Cc2nc3ccccc3n2C)c1Cl. The minimum absolute atomic E-state index is 0.463. The second-order valence-corrected chi connectivity index (χ2v) is 6.18. The van der Waals surface area contributed by atoms with Crippen LogP contribution in [0.2, 0.25) is 5.02 Å². The molecule has 0 saturated carbocycles. The number of thiophene rings is 1. The molecule has 0 aliphatic heterocycles. The molecule has 1 unspecified atom stereocenters. The molecule has 0 spiro atoms. The molecule has 0 radical (unpaired) electrons. The number of rotatable bonds is 3. The molecule has 3 aromatic rings. The first kappa shape index (κ1) is 13.6. The van der Waals surface area contributed by atoms with Crippen molar-refractivity contribution < 1.29 is 5.11 Å². The number of para-hydroxylation sites is 2. The van der Waals surface area contributed by atoms with Crippen molar-refractivity contribution in [1.29, 1.82) is 0 Å². The van der Waals surface area contributed by atoms with Crippen molar-refractivity contribution in [2.45, 2.75) is 19.4 Å². The van der Waals surface area contributed by atoms with Gasteiger partial charge in [0.25, 0.3) is 0 Å². The Kier molecular flexibility index (Phi) is 3.54. The Hall–Kier alpha value is -1.36. The fourth-order valence-corrected chi connectivity index (χ4v) is 3.62. The molecule has 2 aromatic heterocycles. The van der Waals surface area contributed by atoms with E-state index in [-0.39, 0.29) is 0 Å². The van der Waals surface area contributed by atoms with Gasteiger partial charge in [-0.1, -0.05) is 23.7 Å². The van der Waals surface area contributed by atoms with Gasteiger partial charge in [0.05, 0.1) is 27.0 Å². The minimum atomic E-state index is -0.614. The summed E-state index contributed by atoms with van der Waals surface area (Å²) in [6.45, 7) is 1.95.